The fourth-order valence-corrected chi connectivity index (χ4v) is 4.76. The highest BCUT2D eigenvalue weighted by Gasteiger charge is 2.29. The minimum atomic E-state index is -0.731. The summed E-state index contributed by atoms with van der Waals surface area (Å²) in [6.45, 7) is 13.0. The standard InChI is InChI=1S/C26H33F3O3.C4H8/c1-16(14-24(27)17(2)31-3)15-32-21-10-6-19(7-11-21)23-13-12-22(25(28)26(23)29)18-4-8-20(30)9-5-18;1-3-4-2/h12-14,18-21,30H,1-2,4-11,15H2,3H3;3H,1,4H2,2H3/b24-14+;. The number of hydrogen-bond acceptors (Lipinski definition) is 3. The third kappa shape index (κ3) is 8.67. The molecular formula is C30H41F3O3. The number of aliphatic hydroxyl groups excluding tert-OH is 1. The molecule has 1 N–H and O–H groups in total. The van der Waals surface area contributed by atoms with E-state index >= 15 is 0 Å². The van der Waals surface area contributed by atoms with Crippen LogP contribution in [0.2, 0.25) is 0 Å². The summed E-state index contributed by atoms with van der Waals surface area (Å²) in [5.41, 5.74) is 1.35. The zero-order valence-electron chi connectivity index (χ0n) is 21.7. The molecule has 0 aliphatic heterocycles. The van der Waals surface area contributed by atoms with E-state index in [9.17, 15) is 18.3 Å². The zero-order valence-corrected chi connectivity index (χ0v) is 21.7. The van der Waals surface area contributed by atoms with Crippen LogP contribution in [0.1, 0.15) is 87.7 Å². The SMILES string of the molecule is C=C(/C=C(/F)C(=C)OC)COC1CCC(c2ccc(C3CCC(O)CC3)c(F)c2F)CC1.C=CCC. The normalized spacial score (nSPS) is 24.3. The molecule has 0 saturated heterocycles. The number of methoxy groups -OCH3 is 1. The molecule has 2 saturated carbocycles. The van der Waals surface area contributed by atoms with Gasteiger partial charge in [0.1, 0.15) is 5.76 Å². The quantitative estimate of drug-likeness (QED) is 0.208. The summed E-state index contributed by atoms with van der Waals surface area (Å²) < 4.78 is 54.1. The van der Waals surface area contributed by atoms with Crippen molar-refractivity contribution in [3.63, 3.8) is 0 Å². The average Bonchev–Trinajstić information content (AvgIpc) is 2.89. The molecule has 36 heavy (non-hydrogen) atoms. The van der Waals surface area contributed by atoms with Crippen LogP contribution < -0.4 is 0 Å². The van der Waals surface area contributed by atoms with Crippen LogP contribution in [0.3, 0.4) is 0 Å². The monoisotopic (exact) mass is 506 g/mol. The first-order valence-corrected chi connectivity index (χ1v) is 12.9. The number of rotatable bonds is 9. The van der Waals surface area contributed by atoms with Crippen molar-refractivity contribution in [2.75, 3.05) is 13.7 Å². The Labute approximate surface area is 214 Å². The number of aliphatic hydroxyl groups is 1. The first kappa shape index (κ1) is 29.9. The summed E-state index contributed by atoms with van der Waals surface area (Å²) in [4.78, 5) is 0. The molecule has 0 atom stereocenters. The lowest BCUT2D eigenvalue weighted by atomic mass is 9.79. The van der Waals surface area contributed by atoms with E-state index in [-0.39, 0.29) is 36.4 Å². The van der Waals surface area contributed by atoms with Crippen LogP contribution in [0.25, 0.3) is 0 Å². The molecule has 0 aromatic heterocycles. The van der Waals surface area contributed by atoms with Gasteiger partial charge in [-0.1, -0.05) is 38.3 Å². The second kappa shape index (κ2) is 15.1. The van der Waals surface area contributed by atoms with Gasteiger partial charge in [-0.15, -0.1) is 6.58 Å². The van der Waals surface area contributed by atoms with Crippen LogP contribution in [-0.2, 0) is 9.47 Å². The van der Waals surface area contributed by atoms with Crippen LogP contribution in [0.4, 0.5) is 13.2 Å². The van der Waals surface area contributed by atoms with Crippen molar-refractivity contribution in [3.8, 4) is 0 Å². The topological polar surface area (TPSA) is 38.7 Å². The Morgan fingerprint density at radius 2 is 1.44 bits per heavy atom. The maximum absolute atomic E-state index is 14.9. The van der Waals surface area contributed by atoms with E-state index in [1.54, 1.807) is 12.1 Å². The van der Waals surface area contributed by atoms with Gasteiger partial charge < -0.3 is 14.6 Å². The predicted octanol–water partition coefficient (Wildman–Crippen LogP) is 8.18. The highest BCUT2D eigenvalue weighted by atomic mass is 19.2. The number of ether oxygens (including phenoxy) is 2. The fraction of sp³-hybridized carbons (Fsp3) is 0.533. The molecule has 1 aromatic rings. The Morgan fingerprint density at radius 3 is 1.89 bits per heavy atom. The van der Waals surface area contributed by atoms with Crippen molar-refractivity contribution >= 4 is 0 Å². The van der Waals surface area contributed by atoms with Crippen molar-refractivity contribution in [3.05, 3.63) is 83.9 Å². The first-order chi connectivity index (χ1) is 17.2. The maximum atomic E-state index is 14.9. The van der Waals surface area contributed by atoms with Crippen molar-refractivity contribution < 1.29 is 27.8 Å². The lowest BCUT2D eigenvalue weighted by molar-refractivity contribution is 0.0393. The molecule has 0 unspecified atom stereocenters. The van der Waals surface area contributed by atoms with Gasteiger partial charge in [-0.3, -0.25) is 0 Å². The van der Waals surface area contributed by atoms with Crippen LogP contribution >= 0.6 is 0 Å². The van der Waals surface area contributed by atoms with E-state index in [4.69, 9.17) is 9.47 Å². The van der Waals surface area contributed by atoms with Gasteiger partial charge in [-0.25, -0.2) is 13.2 Å². The van der Waals surface area contributed by atoms with Gasteiger partial charge >= 0.3 is 0 Å². The van der Waals surface area contributed by atoms with E-state index in [1.807, 2.05) is 6.08 Å². The van der Waals surface area contributed by atoms with Gasteiger partial charge in [0.2, 0.25) is 0 Å². The summed E-state index contributed by atoms with van der Waals surface area (Å²) in [6, 6.07) is 3.47. The minimum absolute atomic E-state index is 0.0223. The largest absolute Gasteiger partial charge is 0.494 e. The Hall–Kier alpha value is -2.31. The molecule has 2 aliphatic carbocycles. The first-order valence-electron chi connectivity index (χ1n) is 12.9. The van der Waals surface area contributed by atoms with E-state index < -0.39 is 17.5 Å². The minimum Gasteiger partial charge on any atom is -0.494 e. The molecule has 1 aromatic carbocycles. The molecule has 0 amide bonds. The molecule has 2 aliphatic rings. The number of hydrogen-bond donors (Lipinski definition) is 1. The van der Waals surface area contributed by atoms with Crippen LogP contribution in [0, 0.1) is 11.6 Å². The van der Waals surface area contributed by atoms with E-state index in [0.717, 1.165) is 19.3 Å². The molecular weight excluding hydrogens is 465 g/mol. The Balaban J connectivity index is 0.00000106. The second-order valence-corrected chi connectivity index (χ2v) is 9.64. The lowest BCUT2D eigenvalue weighted by Gasteiger charge is -2.30. The molecule has 0 radical (unpaired) electrons. The van der Waals surface area contributed by atoms with Crippen molar-refractivity contribution in [2.24, 2.45) is 0 Å². The van der Waals surface area contributed by atoms with E-state index in [1.165, 1.54) is 13.2 Å². The van der Waals surface area contributed by atoms with Crippen molar-refractivity contribution in [2.45, 2.75) is 88.8 Å². The van der Waals surface area contributed by atoms with Crippen LogP contribution in [0.15, 0.2) is 61.2 Å². The maximum Gasteiger partial charge on any atom is 0.164 e. The third-order valence-corrected chi connectivity index (χ3v) is 7.03. The molecule has 3 rings (SSSR count). The predicted molar refractivity (Wildman–Crippen MR) is 139 cm³/mol. The van der Waals surface area contributed by atoms with Crippen molar-refractivity contribution in [1.82, 2.24) is 0 Å². The smallest absolute Gasteiger partial charge is 0.164 e. The third-order valence-electron chi connectivity index (χ3n) is 7.03. The Bertz CT molecular complexity index is 908. The van der Waals surface area contributed by atoms with Crippen LogP contribution in [0.5, 0.6) is 0 Å². The molecule has 0 heterocycles. The summed E-state index contributed by atoms with van der Waals surface area (Å²) >= 11 is 0. The second-order valence-electron chi connectivity index (χ2n) is 9.64. The molecule has 0 spiro atoms. The lowest BCUT2D eigenvalue weighted by Crippen LogP contribution is -2.22. The van der Waals surface area contributed by atoms with Gasteiger partial charge in [0.25, 0.3) is 0 Å². The summed E-state index contributed by atoms with van der Waals surface area (Å²) in [5, 5.41) is 9.66. The van der Waals surface area contributed by atoms with Crippen molar-refractivity contribution in [1.29, 1.82) is 0 Å². The van der Waals surface area contributed by atoms with Gasteiger partial charge in [-0.05, 0) is 92.4 Å². The Morgan fingerprint density at radius 1 is 0.972 bits per heavy atom. The van der Waals surface area contributed by atoms with Gasteiger partial charge in [0, 0.05) is 0 Å². The fourth-order valence-electron chi connectivity index (χ4n) is 4.76. The molecule has 6 heteroatoms. The van der Waals surface area contributed by atoms with E-state index in [0.29, 0.717) is 55.2 Å². The van der Waals surface area contributed by atoms with Crippen LogP contribution in [-0.4, -0.2) is 31.0 Å². The molecule has 0 bridgehead atoms. The molecule has 3 nitrogen and oxygen atoms in total. The highest BCUT2D eigenvalue weighted by Crippen LogP contribution is 2.39. The van der Waals surface area contributed by atoms with Gasteiger partial charge in [0.15, 0.2) is 17.5 Å². The van der Waals surface area contributed by atoms with Gasteiger partial charge in [0.05, 0.1) is 25.9 Å². The number of benzene rings is 1. The number of halogens is 3. The zero-order chi connectivity index (χ0) is 26.7. The summed E-state index contributed by atoms with van der Waals surface area (Å²) in [5.74, 6) is -2.19. The van der Waals surface area contributed by atoms with Gasteiger partial charge in [-0.2, -0.15) is 0 Å². The average molecular weight is 507 g/mol. The highest BCUT2D eigenvalue weighted by molar-refractivity contribution is 5.32. The number of allylic oxidation sites excluding steroid dienone is 2. The molecule has 200 valence electrons. The molecule has 2 fully saturated rings. The van der Waals surface area contributed by atoms with E-state index in [2.05, 4.69) is 26.7 Å². The summed E-state index contributed by atoms with van der Waals surface area (Å²) in [7, 11) is 1.34. The Kier molecular flexibility index (Phi) is 12.5. The summed E-state index contributed by atoms with van der Waals surface area (Å²) in [6.07, 6.45) is 9.33.